The van der Waals surface area contributed by atoms with Crippen LogP contribution < -0.4 is 5.32 Å². The zero-order valence-electron chi connectivity index (χ0n) is 10.8. The fraction of sp³-hybridized carbons (Fsp3) is 0.750. The van der Waals surface area contributed by atoms with Crippen LogP contribution in [0.15, 0.2) is 0 Å². The monoisotopic (exact) mass is 286 g/mol. The lowest BCUT2D eigenvalue weighted by molar-refractivity contribution is -0.147. The first-order valence-corrected chi connectivity index (χ1v) is 7.54. The van der Waals surface area contributed by atoms with Gasteiger partial charge in [-0.05, 0) is 12.3 Å². The number of carboxylic acids is 1. The minimum atomic E-state index is -0.964. The van der Waals surface area contributed by atoms with Crippen molar-refractivity contribution in [2.45, 2.75) is 25.8 Å². The van der Waals surface area contributed by atoms with Crippen LogP contribution in [0.5, 0.6) is 0 Å². The molecule has 2 N–H and O–H groups in total. The van der Waals surface area contributed by atoms with Gasteiger partial charge in [-0.15, -0.1) is 11.8 Å². The van der Waals surface area contributed by atoms with Crippen molar-refractivity contribution in [1.82, 2.24) is 10.2 Å². The van der Waals surface area contributed by atoms with Crippen molar-refractivity contribution >= 4 is 29.5 Å². The maximum Gasteiger partial charge on any atom is 0.327 e. The number of hydrogen-bond acceptors (Lipinski definition) is 4. The fourth-order valence-electron chi connectivity index (χ4n) is 2.15. The third kappa shape index (κ3) is 3.40. The molecule has 1 saturated heterocycles. The van der Waals surface area contributed by atoms with E-state index in [1.807, 2.05) is 6.92 Å². The summed E-state index contributed by atoms with van der Waals surface area (Å²) in [6.07, 6.45) is 1.08. The Morgan fingerprint density at radius 3 is 2.68 bits per heavy atom. The molecule has 1 aliphatic heterocycles. The van der Waals surface area contributed by atoms with E-state index in [9.17, 15) is 14.4 Å². The Labute approximate surface area is 115 Å². The second-order valence-electron chi connectivity index (χ2n) is 5.08. The SMILES string of the molecule is CC1CC1C(=O)NCCC(=O)N1CSC[C@H]1C(=O)O. The predicted molar refractivity (Wildman–Crippen MR) is 70.5 cm³/mol. The van der Waals surface area contributed by atoms with Crippen LogP contribution in [-0.4, -0.2) is 52.0 Å². The number of nitrogens with one attached hydrogen (secondary N) is 1. The molecule has 0 bridgehead atoms. The van der Waals surface area contributed by atoms with Crippen LogP contribution in [0, 0.1) is 11.8 Å². The first-order valence-electron chi connectivity index (χ1n) is 6.38. The van der Waals surface area contributed by atoms with E-state index in [1.54, 1.807) is 0 Å². The van der Waals surface area contributed by atoms with E-state index in [1.165, 1.54) is 16.7 Å². The van der Waals surface area contributed by atoms with Gasteiger partial charge in [0.2, 0.25) is 11.8 Å². The van der Waals surface area contributed by atoms with Crippen LogP contribution in [0.25, 0.3) is 0 Å². The van der Waals surface area contributed by atoms with Crippen molar-refractivity contribution in [1.29, 1.82) is 0 Å². The minimum absolute atomic E-state index is 0.00545. The first-order chi connectivity index (χ1) is 9.00. The molecule has 2 unspecified atom stereocenters. The lowest BCUT2D eigenvalue weighted by Crippen LogP contribution is -2.43. The maximum atomic E-state index is 11.9. The van der Waals surface area contributed by atoms with Gasteiger partial charge in [-0.2, -0.15) is 0 Å². The van der Waals surface area contributed by atoms with Crippen molar-refractivity contribution in [3.05, 3.63) is 0 Å². The molecule has 106 valence electrons. The number of amides is 2. The van der Waals surface area contributed by atoms with Crippen LogP contribution in [-0.2, 0) is 14.4 Å². The summed E-state index contributed by atoms with van der Waals surface area (Å²) in [7, 11) is 0. The highest BCUT2D eigenvalue weighted by Gasteiger charge is 2.39. The van der Waals surface area contributed by atoms with E-state index >= 15 is 0 Å². The average Bonchev–Trinajstić information content (AvgIpc) is 2.91. The van der Waals surface area contributed by atoms with Gasteiger partial charge in [-0.25, -0.2) is 4.79 Å². The molecule has 0 aromatic carbocycles. The van der Waals surface area contributed by atoms with Gasteiger partial charge in [0.25, 0.3) is 0 Å². The predicted octanol–water partition coefficient (Wildman–Crippen LogP) is 0.135. The number of rotatable bonds is 5. The molecule has 19 heavy (non-hydrogen) atoms. The molecule has 6 nitrogen and oxygen atoms in total. The largest absolute Gasteiger partial charge is 0.480 e. The molecule has 0 radical (unpaired) electrons. The van der Waals surface area contributed by atoms with Crippen molar-refractivity contribution in [3.8, 4) is 0 Å². The molecule has 1 heterocycles. The Balaban J connectivity index is 1.72. The number of carbonyl (C=O) groups is 3. The molecular weight excluding hydrogens is 268 g/mol. The Morgan fingerprint density at radius 2 is 2.11 bits per heavy atom. The number of thioether (sulfide) groups is 1. The van der Waals surface area contributed by atoms with E-state index in [0.717, 1.165) is 6.42 Å². The standard InChI is InChI=1S/C12H18N2O4S/c1-7-4-8(7)11(16)13-3-2-10(15)14-6-19-5-9(14)12(17)18/h7-9H,2-6H2,1H3,(H,13,16)(H,17,18)/t7?,8?,9-/m0/s1. The Kier molecular flexibility index (Phi) is 4.34. The highest BCUT2D eigenvalue weighted by atomic mass is 32.2. The average molecular weight is 286 g/mol. The third-order valence-electron chi connectivity index (χ3n) is 3.57. The Morgan fingerprint density at radius 1 is 1.42 bits per heavy atom. The highest BCUT2D eigenvalue weighted by Crippen LogP contribution is 2.37. The lowest BCUT2D eigenvalue weighted by Gasteiger charge is -2.20. The van der Waals surface area contributed by atoms with Gasteiger partial charge in [-0.1, -0.05) is 6.92 Å². The number of carboxylic acid groups (broad SMARTS) is 1. The molecular formula is C12H18N2O4S. The van der Waals surface area contributed by atoms with Gasteiger partial charge in [-0.3, -0.25) is 9.59 Å². The molecule has 1 saturated carbocycles. The van der Waals surface area contributed by atoms with Gasteiger partial charge < -0.3 is 15.3 Å². The molecule has 0 aromatic rings. The number of carbonyl (C=O) groups excluding carboxylic acids is 2. The summed E-state index contributed by atoms with van der Waals surface area (Å²) in [6, 6.07) is -0.725. The van der Waals surface area contributed by atoms with Crippen LogP contribution in [0.4, 0.5) is 0 Å². The summed E-state index contributed by atoms with van der Waals surface area (Å²) in [6.45, 7) is 2.31. The highest BCUT2D eigenvalue weighted by molar-refractivity contribution is 7.99. The van der Waals surface area contributed by atoms with E-state index in [-0.39, 0.29) is 30.7 Å². The topological polar surface area (TPSA) is 86.7 Å². The molecule has 1 aliphatic carbocycles. The van der Waals surface area contributed by atoms with Gasteiger partial charge >= 0.3 is 5.97 Å². The van der Waals surface area contributed by atoms with Crippen molar-refractivity contribution < 1.29 is 19.5 Å². The van der Waals surface area contributed by atoms with Gasteiger partial charge in [0.1, 0.15) is 6.04 Å². The third-order valence-corrected chi connectivity index (χ3v) is 4.58. The number of aliphatic carboxylic acids is 1. The second kappa shape index (κ2) is 5.81. The van der Waals surface area contributed by atoms with Gasteiger partial charge in [0, 0.05) is 24.6 Å². The van der Waals surface area contributed by atoms with E-state index in [0.29, 0.717) is 17.5 Å². The quantitative estimate of drug-likeness (QED) is 0.750. The van der Waals surface area contributed by atoms with E-state index < -0.39 is 12.0 Å². The molecule has 0 aromatic heterocycles. The number of hydrogen-bond donors (Lipinski definition) is 2. The van der Waals surface area contributed by atoms with E-state index in [2.05, 4.69) is 5.32 Å². The fourth-order valence-corrected chi connectivity index (χ4v) is 3.32. The zero-order chi connectivity index (χ0) is 14.0. The van der Waals surface area contributed by atoms with Crippen LogP contribution in [0.3, 0.4) is 0 Å². The van der Waals surface area contributed by atoms with Crippen LogP contribution in [0.2, 0.25) is 0 Å². The smallest absolute Gasteiger partial charge is 0.327 e. The summed E-state index contributed by atoms with van der Waals surface area (Å²) in [5, 5.41) is 11.7. The van der Waals surface area contributed by atoms with Gasteiger partial charge in [0.05, 0.1) is 5.88 Å². The molecule has 2 rings (SSSR count). The first kappa shape index (κ1) is 14.2. The molecule has 2 fully saturated rings. The van der Waals surface area contributed by atoms with Crippen LogP contribution in [0.1, 0.15) is 19.8 Å². The summed E-state index contributed by atoms with van der Waals surface area (Å²) >= 11 is 1.44. The lowest BCUT2D eigenvalue weighted by atomic mass is 10.2. The number of nitrogens with zero attached hydrogens (tertiary/aromatic N) is 1. The molecule has 7 heteroatoms. The summed E-state index contributed by atoms with van der Waals surface area (Å²) in [5.74, 6) is 0.240. The van der Waals surface area contributed by atoms with Crippen molar-refractivity contribution in [2.75, 3.05) is 18.2 Å². The summed E-state index contributed by atoms with van der Waals surface area (Å²) in [5.41, 5.74) is 0. The van der Waals surface area contributed by atoms with Gasteiger partial charge in [0.15, 0.2) is 0 Å². The minimum Gasteiger partial charge on any atom is -0.480 e. The van der Waals surface area contributed by atoms with Crippen molar-refractivity contribution in [3.63, 3.8) is 0 Å². The Bertz CT molecular complexity index is 401. The maximum absolute atomic E-state index is 11.9. The van der Waals surface area contributed by atoms with Crippen molar-refractivity contribution in [2.24, 2.45) is 11.8 Å². The summed E-state index contributed by atoms with van der Waals surface area (Å²) in [4.78, 5) is 35.8. The molecule has 2 amide bonds. The Hall–Kier alpha value is -1.24. The molecule has 3 atom stereocenters. The summed E-state index contributed by atoms with van der Waals surface area (Å²) < 4.78 is 0. The second-order valence-corrected chi connectivity index (χ2v) is 6.08. The normalized spacial score (nSPS) is 29.1. The van der Waals surface area contributed by atoms with Crippen LogP contribution >= 0.6 is 11.8 Å². The zero-order valence-corrected chi connectivity index (χ0v) is 11.6. The molecule has 0 spiro atoms. The molecule has 2 aliphatic rings. The van der Waals surface area contributed by atoms with E-state index in [4.69, 9.17) is 5.11 Å².